The lowest BCUT2D eigenvalue weighted by Crippen LogP contribution is -2.52. The molecule has 4 rings (SSSR count). The minimum atomic E-state index is 0.477. The van der Waals surface area contributed by atoms with Gasteiger partial charge in [-0.1, -0.05) is 28.7 Å². The zero-order valence-corrected chi connectivity index (χ0v) is 10.2. The number of halogens is 1. The molecule has 0 unspecified atom stereocenters. The highest BCUT2D eigenvalue weighted by Crippen LogP contribution is 2.61. The smallest absolute Gasteiger partial charge is 0.0455 e. The molecule has 0 heterocycles. The minimum Gasteiger partial charge on any atom is -0.102 e. The highest BCUT2D eigenvalue weighted by molar-refractivity contribution is 14.1. The predicted molar refractivity (Wildman–Crippen MR) is 64.0 cm³/mol. The molecular weight excluding hydrogens is 271 g/mol. The van der Waals surface area contributed by atoms with Gasteiger partial charge in [-0.05, 0) is 55.8 Å². The Labute approximate surface area is 94.3 Å². The van der Waals surface area contributed by atoms with E-state index >= 15 is 0 Å². The van der Waals surface area contributed by atoms with Crippen LogP contribution in [-0.2, 0) is 0 Å². The van der Waals surface area contributed by atoms with E-state index in [1.54, 1.807) is 6.42 Å². The molecule has 0 saturated heterocycles. The zero-order valence-electron chi connectivity index (χ0n) is 8.01. The Morgan fingerprint density at radius 1 is 1.00 bits per heavy atom. The lowest BCUT2D eigenvalue weighted by Gasteiger charge is -2.58. The van der Waals surface area contributed by atoms with Gasteiger partial charge in [-0.15, -0.1) is 6.58 Å². The summed E-state index contributed by atoms with van der Waals surface area (Å²) in [6.07, 6.45) is 9.82. The lowest BCUT2D eigenvalue weighted by atomic mass is 9.52. The largest absolute Gasteiger partial charge is 0.102 e. The van der Waals surface area contributed by atoms with Gasteiger partial charge in [0.2, 0.25) is 0 Å². The van der Waals surface area contributed by atoms with E-state index in [1.165, 1.54) is 25.7 Å². The van der Waals surface area contributed by atoms with Crippen molar-refractivity contribution in [1.29, 1.82) is 0 Å². The van der Waals surface area contributed by atoms with Crippen LogP contribution in [0, 0.1) is 23.7 Å². The summed E-state index contributed by atoms with van der Waals surface area (Å²) in [6.45, 7) is 4.07. The van der Waals surface area contributed by atoms with E-state index in [-0.39, 0.29) is 0 Å². The normalized spacial score (nSPS) is 58.2. The summed E-state index contributed by atoms with van der Waals surface area (Å²) >= 11 is 2.71. The summed E-state index contributed by atoms with van der Waals surface area (Å²) in [6, 6.07) is 0. The molecule has 0 aliphatic heterocycles. The average molecular weight is 288 g/mol. The first-order valence-electron chi connectivity index (χ1n) is 5.55. The van der Waals surface area contributed by atoms with Crippen LogP contribution in [0.3, 0.4) is 0 Å². The SMILES string of the molecule is C=CC1(I)C2CC3CC(C2)CC1C3. The van der Waals surface area contributed by atoms with Crippen molar-refractivity contribution in [3.8, 4) is 0 Å². The monoisotopic (exact) mass is 288 g/mol. The van der Waals surface area contributed by atoms with E-state index in [9.17, 15) is 0 Å². The van der Waals surface area contributed by atoms with E-state index in [1.807, 2.05) is 0 Å². The van der Waals surface area contributed by atoms with Crippen LogP contribution in [0.2, 0.25) is 0 Å². The third-order valence-electron chi connectivity index (χ3n) is 4.70. The van der Waals surface area contributed by atoms with Crippen molar-refractivity contribution in [2.45, 2.75) is 35.5 Å². The number of hydrogen-bond acceptors (Lipinski definition) is 0. The van der Waals surface area contributed by atoms with Crippen molar-refractivity contribution in [2.24, 2.45) is 23.7 Å². The second-order valence-electron chi connectivity index (χ2n) is 5.34. The fourth-order valence-electron chi connectivity index (χ4n) is 4.24. The summed E-state index contributed by atoms with van der Waals surface area (Å²) in [7, 11) is 0. The van der Waals surface area contributed by atoms with Crippen LogP contribution >= 0.6 is 22.6 Å². The molecule has 0 aromatic heterocycles. The van der Waals surface area contributed by atoms with Gasteiger partial charge in [-0.25, -0.2) is 0 Å². The molecular formula is C12H17I. The molecule has 0 aromatic rings. The van der Waals surface area contributed by atoms with E-state index in [4.69, 9.17) is 0 Å². The number of alkyl halides is 1. The summed E-state index contributed by atoms with van der Waals surface area (Å²) in [5.41, 5.74) is 0. The Hall–Kier alpha value is 0.470. The topological polar surface area (TPSA) is 0 Å². The number of rotatable bonds is 1. The van der Waals surface area contributed by atoms with Crippen LogP contribution in [0.25, 0.3) is 0 Å². The van der Waals surface area contributed by atoms with E-state index < -0.39 is 0 Å². The Bertz CT molecular complexity index is 216. The van der Waals surface area contributed by atoms with Gasteiger partial charge in [-0.2, -0.15) is 0 Å². The summed E-state index contributed by atoms with van der Waals surface area (Å²) in [4.78, 5) is 0. The van der Waals surface area contributed by atoms with Gasteiger partial charge in [-0.3, -0.25) is 0 Å². The highest BCUT2D eigenvalue weighted by Gasteiger charge is 2.54. The summed E-state index contributed by atoms with van der Waals surface area (Å²) in [5.74, 6) is 4.12. The van der Waals surface area contributed by atoms with E-state index in [0.29, 0.717) is 3.42 Å². The second kappa shape index (κ2) is 2.74. The van der Waals surface area contributed by atoms with Crippen LogP contribution in [0.5, 0.6) is 0 Å². The molecule has 4 bridgehead atoms. The Morgan fingerprint density at radius 2 is 1.46 bits per heavy atom. The quantitative estimate of drug-likeness (QED) is 0.391. The van der Waals surface area contributed by atoms with Gasteiger partial charge in [0.25, 0.3) is 0 Å². The minimum absolute atomic E-state index is 0.477. The molecule has 0 aromatic carbocycles. The lowest BCUT2D eigenvalue weighted by molar-refractivity contribution is 0.00748. The van der Waals surface area contributed by atoms with Crippen LogP contribution in [0.15, 0.2) is 12.7 Å². The van der Waals surface area contributed by atoms with Crippen LogP contribution in [0.4, 0.5) is 0 Å². The van der Waals surface area contributed by atoms with Crippen molar-refractivity contribution < 1.29 is 0 Å². The van der Waals surface area contributed by atoms with Gasteiger partial charge < -0.3 is 0 Å². The number of hydrogen-bond donors (Lipinski definition) is 0. The molecule has 0 nitrogen and oxygen atoms in total. The summed E-state index contributed by atoms with van der Waals surface area (Å²) < 4.78 is 0.477. The first-order valence-corrected chi connectivity index (χ1v) is 6.62. The standard InChI is InChI=1S/C12H17I/c1-2-12(13)10-4-8-3-9(6-10)7-11(12)5-8/h2,8-11H,1,3-7H2. The Kier molecular flexibility index (Phi) is 1.84. The molecule has 0 atom stereocenters. The third kappa shape index (κ3) is 1.09. The van der Waals surface area contributed by atoms with Crippen molar-refractivity contribution in [3.05, 3.63) is 12.7 Å². The second-order valence-corrected chi connectivity index (χ2v) is 7.20. The Morgan fingerprint density at radius 3 is 1.85 bits per heavy atom. The van der Waals surface area contributed by atoms with Crippen LogP contribution in [-0.4, -0.2) is 3.42 Å². The van der Waals surface area contributed by atoms with Crippen molar-refractivity contribution >= 4 is 22.6 Å². The predicted octanol–water partition coefficient (Wildman–Crippen LogP) is 3.80. The molecule has 1 heteroatoms. The Balaban J connectivity index is 1.97. The van der Waals surface area contributed by atoms with E-state index in [2.05, 4.69) is 35.2 Å². The third-order valence-corrected chi connectivity index (χ3v) is 6.90. The van der Waals surface area contributed by atoms with Gasteiger partial charge in [0.1, 0.15) is 0 Å². The molecule has 72 valence electrons. The van der Waals surface area contributed by atoms with Crippen molar-refractivity contribution in [2.75, 3.05) is 0 Å². The zero-order chi connectivity index (χ0) is 9.05. The van der Waals surface area contributed by atoms with Gasteiger partial charge in [0.05, 0.1) is 0 Å². The van der Waals surface area contributed by atoms with Crippen molar-refractivity contribution in [3.63, 3.8) is 0 Å². The maximum absolute atomic E-state index is 4.07. The van der Waals surface area contributed by atoms with Crippen LogP contribution in [0.1, 0.15) is 32.1 Å². The fraction of sp³-hybridized carbons (Fsp3) is 0.833. The fourth-order valence-corrected chi connectivity index (χ4v) is 5.26. The maximum Gasteiger partial charge on any atom is 0.0455 e. The van der Waals surface area contributed by atoms with Gasteiger partial charge in [0, 0.05) is 3.42 Å². The molecule has 4 aliphatic rings. The van der Waals surface area contributed by atoms with Crippen LogP contribution < -0.4 is 0 Å². The van der Waals surface area contributed by atoms with E-state index in [0.717, 1.165) is 23.7 Å². The molecule has 0 spiro atoms. The van der Waals surface area contributed by atoms with Gasteiger partial charge >= 0.3 is 0 Å². The summed E-state index contributed by atoms with van der Waals surface area (Å²) in [5, 5.41) is 0. The number of allylic oxidation sites excluding steroid dienone is 1. The maximum atomic E-state index is 4.07. The molecule has 0 amide bonds. The molecule has 13 heavy (non-hydrogen) atoms. The first kappa shape index (κ1) is 8.75. The van der Waals surface area contributed by atoms with Gasteiger partial charge in [0.15, 0.2) is 0 Å². The highest BCUT2D eigenvalue weighted by atomic mass is 127. The van der Waals surface area contributed by atoms with Crippen molar-refractivity contribution in [1.82, 2.24) is 0 Å². The molecule has 0 radical (unpaired) electrons. The molecule has 4 fully saturated rings. The average Bonchev–Trinajstić information content (AvgIpc) is 2.13. The molecule has 4 aliphatic carbocycles. The first-order chi connectivity index (χ1) is 6.22. The molecule has 4 saturated carbocycles. The molecule has 0 N–H and O–H groups in total.